The number of anilines is 1. The van der Waals surface area contributed by atoms with Gasteiger partial charge in [0, 0.05) is 50.2 Å². The summed E-state index contributed by atoms with van der Waals surface area (Å²) in [6.07, 6.45) is 7.02. The number of benzene rings is 1. The first kappa shape index (κ1) is 25.0. The normalized spacial score (nSPS) is 16.7. The number of carbonyl (C=O) groups excluding carboxylic acids is 2. The molecule has 2 aromatic rings. The summed E-state index contributed by atoms with van der Waals surface area (Å²) in [5, 5.41) is 10.8. The molecule has 0 radical (unpaired) electrons. The van der Waals surface area contributed by atoms with Gasteiger partial charge < -0.3 is 14.7 Å². The van der Waals surface area contributed by atoms with Crippen molar-refractivity contribution in [3.8, 4) is 0 Å². The number of aromatic nitrogens is 1. The Hall–Kier alpha value is -3.14. The summed E-state index contributed by atoms with van der Waals surface area (Å²) < 4.78 is 0. The molecule has 2 amide bonds. The average molecular weight is 498 g/mol. The summed E-state index contributed by atoms with van der Waals surface area (Å²) in [5.41, 5.74) is 0.576. The van der Waals surface area contributed by atoms with Crippen LogP contribution in [0.3, 0.4) is 0 Å². The quantitative estimate of drug-likeness (QED) is 0.326. The zero-order valence-electron chi connectivity index (χ0n) is 20.0. The highest BCUT2D eigenvalue weighted by Gasteiger charge is 2.26. The van der Waals surface area contributed by atoms with Gasteiger partial charge in [0.15, 0.2) is 0 Å². The highest BCUT2D eigenvalue weighted by atomic mass is 32.2. The number of pyridine rings is 1. The number of hydrogen-bond donors (Lipinski definition) is 0. The molecule has 0 spiro atoms. The predicted octanol–water partition coefficient (Wildman–Crippen LogP) is 3.84. The van der Waals surface area contributed by atoms with E-state index < -0.39 is 4.92 Å². The van der Waals surface area contributed by atoms with E-state index in [0.717, 1.165) is 17.7 Å². The first-order chi connectivity index (χ1) is 16.9. The Morgan fingerprint density at radius 2 is 1.80 bits per heavy atom. The van der Waals surface area contributed by atoms with Crippen LogP contribution in [-0.4, -0.2) is 76.5 Å². The Labute approximate surface area is 209 Å². The molecule has 0 bridgehead atoms. The summed E-state index contributed by atoms with van der Waals surface area (Å²) in [5.74, 6) is 1.04. The minimum Gasteiger partial charge on any atom is -0.353 e. The van der Waals surface area contributed by atoms with Crippen LogP contribution in [0.4, 0.5) is 11.5 Å². The van der Waals surface area contributed by atoms with Crippen LogP contribution < -0.4 is 4.90 Å². The molecule has 1 saturated carbocycles. The molecule has 0 N–H and O–H groups in total. The second kappa shape index (κ2) is 11.5. The van der Waals surface area contributed by atoms with Crippen LogP contribution in [0.2, 0.25) is 0 Å². The average Bonchev–Trinajstić information content (AvgIpc) is 2.91. The molecular formula is C25H31N5O4S. The fourth-order valence-corrected chi connectivity index (χ4v) is 5.63. The Kier molecular flexibility index (Phi) is 8.22. The molecule has 1 aromatic heterocycles. The molecule has 2 aliphatic rings. The molecule has 1 aliphatic carbocycles. The standard InChI is InChI=1S/C25H31N5O4S/c1-27(19-7-3-2-4-8-19)24(31)18-35-22-10-6-5-9-21(22)25(32)29-15-13-28(14-16-29)23-12-11-20(17-26-23)30(33)34/h5-6,9-12,17,19H,2-4,7-8,13-16,18H2,1H3. The molecule has 0 atom stereocenters. The Bertz CT molecular complexity index is 1050. The van der Waals surface area contributed by atoms with Crippen LogP contribution in [0.25, 0.3) is 0 Å². The number of hydrogen-bond acceptors (Lipinski definition) is 7. The lowest BCUT2D eigenvalue weighted by molar-refractivity contribution is -0.385. The van der Waals surface area contributed by atoms with Crippen molar-refractivity contribution in [2.75, 3.05) is 43.9 Å². The molecular weight excluding hydrogens is 466 g/mol. The van der Waals surface area contributed by atoms with Crippen molar-refractivity contribution in [3.05, 3.63) is 58.3 Å². The minimum absolute atomic E-state index is 0.0416. The molecule has 4 rings (SSSR count). The van der Waals surface area contributed by atoms with Crippen molar-refractivity contribution in [2.45, 2.75) is 43.0 Å². The van der Waals surface area contributed by atoms with E-state index in [2.05, 4.69) is 4.98 Å². The lowest BCUT2D eigenvalue weighted by Crippen LogP contribution is -2.49. The summed E-state index contributed by atoms with van der Waals surface area (Å²) in [6, 6.07) is 10.9. The molecule has 35 heavy (non-hydrogen) atoms. The smallest absolute Gasteiger partial charge is 0.287 e. The van der Waals surface area contributed by atoms with Gasteiger partial charge in [-0.25, -0.2) is 4.98 Å². The fraction of sp³-hybridized carbons (Fsp3) is 0.480. The lowest BCUT2D eigenvalue weighted by Gasteiger charge is -2.35. The van der Waals surface area contributed by atoms with Gasteiger partial charge in [-0.05, 0) is 31.0 Å². The third kappa shape index (κ3) is 6.11. The zero-order chi connectivity index (χ0) is 24.8. The van der Waals surface area contributed by atoms with E-state index in [9.17, 15) is 19.7 Å². The maximum Gasteiger partial charge on any atom is 0.287 e. The third-order valence-electron chi connectivity index (χ3n) is 6.82. The molecule has 1 aliphatic heterocycles. The predicted molar refractivity (Wildman–Crippen MR) is 136 cm³/mol. The van der Waals surface area contributed by atoms with E-state index in [0.29, 0.717) is 49.4 Å². The highest BCUT2D eigenvalue weighted by molar-refractivity contribution is 8.00. The van der Waals surface area contributed by atoms with Gasteiger partial charge in [0.25, 0.3) is 11.6 Å². The Morgan fingerprint density at radius 1 is 1.09 bits per heavy atom. The van der Waals surface area contributed by atoms with E-state index in [1.54, 1.807) is 6.07 Å². The van der Waals surface area contributed by atoms with Crippen molar-refractivity contribution in [3.63, 3.8) is 0 Å². The van der Waals surface area contributed by atoms with Crippen LogP contribution in [-0.2, 0) is 4.79 Å². The first-order valence-corrected chi connectivity index (χ1v) is 13.0. The largest absolute Gasteiger partial charge is 0.353 e. The maximum atomic E-state index is 13.3. The summed E-state index contributed by atoms with van der Waals surface area (Å²) in [4.78, 5) is 47.2. The van der Waals surface area contributed by atoms with Crippen LogP contribution in [0.15, 0.2) is 47.5 Å². The summed E-state index contributed by atoms with van der Waals surface area (Å²) >= 11 is 1.43. The second-order valence-electron chi connectivity index (χ2n) is 8.99. The number of carbonyl (C=O) groups is 2. The molecule has 0 unspecified atom stereocenters. The third-order valence-corrected chi connectivity index (χ3v) is 7.88. The van der Waals surface area contributed by atoms with E-state index in [1.165, 1.54) is 43.3 Å². The van der Waals surface area contributed by atoms with E-state index in [-0.39, 0.29) is 17.5 Å². The SMILES string of the molecule is CN(C(=O)CSc1ccccc1C(=O)N1CCN(c2ccc([N+](=O)[O-])cn2)CC1)C1CCCCC1. The van der Waals surface area contributed by atoms with Crippen molar-refractivity contribution in [1.29, 1.82) is 0 Å². The van der Waals surface area contributed by atoms with Crippen molar-refractivity contribution in [1.82, 2.24) is 14.8 Å². The second-order valence-corrected chi connectivity index (χ2v) is 10.0. The van der Waals surface area contributed by atoms with E-state index >= 15 is 0 Å². The van der Waals surface area contributed by atoms with Gasteiger partial charge in [0.05, 0.1) is 16.2 Å². The molecule has 10 heteroatoms. The number of nitro groups is 1. The summed E-state index contributed by atoms with van der Waals surface area (Å²) in [6.45, 7) is 2.24. The molecule has 1 aromatic carbocycles. The summed E-state index contributed by atoms with van der Waals surface area (Å²) in [7, 11) is 1.90. The zero-order valence-corrected chi connectivity index (χ0v) is 20.8. The van der Waals surface area contributed by atoms with Crippen LogP contribution >= 0.6 is 11.8 Å². The molecule has 1 saturated heterocycles. The number of amides is 2. The van der Waals surface area contributed by atoms with Gasteiger partial charge in [0.2, 0.25) is 5.91 Å². The fourth-order valence-electron chi connectivity index (χ4n) is 4.66. The number of thioether (sulfide) groups is 1. The van der Waals surface area contributed by atoms with Gasteiger partial charge in [-0.1, -0.05) is 31.4 Å². The first-order valence-electron chi connectivity index (χ1n) is 12.1. The Balaban J connectivity index is 1.34. The van der Waals surface area contributed by atoms with E-state index in [4.69, 9.17) is 0 Å². The van der Waals surface area contributed by atoms with Gasteiger partial charge >= 0.3 is 0 Å². The molecule has 2 heterocycles. The number of piperazine rings is 1. The number of rotatable bonds is 7. The van der Waals surface area contributed by atoms with E-state index in [1.807, 2.05) is 46.0 Å². The van der Waals surface area contributed by atoms with Crippen LogP contribution in [0, 0.1) is 10.1 Å². The molecule has 186 valence electrons. The molecule has 2 fully saturated rings. The maximum absolute atomic E-state index is 13.3. The monoisotopic (exact) mass is 497 g/mol. The van der Waals surface area contributed by atoms with Gasteiger partial charge in [-0.2, -0.15) is 0 Å². The van der Waals surface area contributed by atoms with Gasteiger partial charge in [0.1, 0.15) is 12.0 Å². The van der Waals surface area contributed by atoms with Crippen LogP contribution in [0.5, 0.6) is 0 Å². The highest BCUT2D eigenvalue weighted by Crippen LogP contribution is 2.27. The topological polar surface area (TPSA) is 99.9 Å². The molecule has 9 nitrogen and oxygen atoms in total. The van der Waals surface area contributed by atoms with Gasteiger partial charge in [-0.3, -0.25) is 19.7 Å². The van der Waals surface area contributed by atoms with Crippen LogP contribution in [0.1, 0.15) is 42.5 Å². The van der Waals surface area contributed by atoms with Crippen molar-refractivity contribution < 1.29 is 14.5 Å². The van der Waals surface area contributed by atoms with Crippen molar-refractivity contribution >= 4 is 35.1 Å². The van der Waals surface area contributed by atoms with Crippen molar-refractivity contribution in [2.24, 2.45) is 0 Å². The number of nitrogens with zero attached hydrogens (tertiary/aromatic N) is 5. The lowest BCUT2D eigenvalue weighted by atomic mass is 9.94. The minimum atomic E-state index is -0.468. The van der Waals surface area contributed by atoms with Gasteiger partial charge in [-0.15, -0.1) is 11.8 Å². The Morgan fingerprint density at radius 3 is 2.46 bits per heavy atom.